The van der Waals surface area contributed by atoms with E-state index >= 15 is 0 Å². The molecule has 0 aliphatic carbocycles. The van der Waals surface area contributed by atoms with Crippen LogP contribution in [0.1, 0.15) is 55.0 Å². The molecule has 0 saturated heterocycles. The van der Waals surface area contributed by atoms with E-state index in [1.165, 1.54) is 0 Å². The number of rotatable bonds is 4. The third-order valence-electron chi connectivity index (χ3n) is 4.69. The number of aromatic nitrogens is 2. The Hall–Kier alpha value is -2.16. The van der Waals surface area contributed by atoms with E-state index in [1.54, 1.807) is 0 Å². The first-order valence-electron chi connectivity index (χ1n) is 8.54. The van der Waals surface area contributed by atoms with Crippen LogP contribution in [0.5, 0.6) is 0 Å². The van der Waals surface area contributed by atoms with Crippen molar-refractivity contribution in [3.8, 4) is 17.3 Å². The number of hydrogen-bond acceptors (Lipinski definition) is 4. The topological polar surface area (TPSA) is 81.6 Å². The Morgan fingerprint density at radius 3 is 2.76 bits per heavy atom. The van der Waals surface area contributed by atoms with Crippen molar-refractivity contribution in [2.24, 2.45) is 0 Å². The van der Waals surface area contributed by atoms with Gasteiger partial charge in [-0.3, -0.25) is 9.78 Å². The molecule has 3 rings (SSSR count). The van der Waals surface area contributed by atoms with Crippen molar-refractivity contribution in [1.29, 1.82) is 5.26 Å². The van der Waals surface area contributed by atoms with Crippen molar-refractivity contribution in [3.05, 3.63) is 51.1 Å². The first-order chi connectivity index (χ1) is 11.7. The summed E-state index contributed by atoms with van der Waals surface area (Å²) in [4.78, 5) is 19.9. The Morgan fingerprint density at radius 1 is 1.36 bits per heavy atom. The van der Waals surface area contributed by atoms with Gasteiger partial charge in [-0.1, -0.05) is 26.3 Å². The SMILES string of the molecule is CCCC1CNCc2c1[nH]c(=O)c(C#N)c2-c1ccc(CC)cn1.Cl. The van der Waals surface area contributed by atoms with Gasteiger partial charge >= 0.3 is 0 Å². The molecule has 25 heavy (non-hydrogen) atoms. The summed E-state index contributed by atoms with van der Waals surface area (Å²) in [6, 6.07) is 6.00. The van der Waals surface area contributed by atoms with Crippen molar-refractivity contribution in [1.82, 2.24) is 15.3 Å². The van der Waals surface area contributed by atoms with Crippen LogP contribution in [0.3, 0.4) is 0 Å². The van der Waals surface area contributed by atoms with Crippen LogP contribution in [-0.2, 0) is 13.0 Å². The lowest BCUT2D eigenvalue weighted by Crippen LogP contribution is -2.33. The van der Waals surface area contributed by atoms with E-state index in [1.807, 2.05) is 18.3 Å². The van der Waals surface area contributed by atoms with Gasteiger partial charge < -0.3 is 10.3 Å². The fourth-order valence-electron chi connectivity index (χ4n) is 3.43. The van der Waals surface area contributed by atoms with Crippen LogP contribution < -0.4 is 10.9 Å². The van der Waals surface area contributed by atoms with E-state index in [0.717, 1.165) is 42.6 Å². The van der Waals surface area contributed by atoms with Crippen molar-refractivity contribution in [2.45, 2.75) is 45.6 Å². The fraction of sp³-hybridized carbons (Fsp3) is 0.421. The van der Waals surface area contributed by atoms with Gasteiger partial charge in [0.05, 0.1) is 5.69 Å². The Kier molecular flexibility index (Phi) is 6.35. The van der Waals surface area contributed by atoms with E-state index in [-0.39, 0.29) is 29.4 Å². The summed E-state index contributed by atoms with van der Waals surface area (Å²) >= 11 is 0. The Bertz CT molecular complexity index is 836. The second-order valence-corrected chi connectivity index (χ2v) is 6.23. The molecule has 1 aliphatic heterocycles. The first kappa shape index (κ1) is 19.2. The van der Waals surface area contributed by atoms with E-state index in [0.29, 0.717) is 17.8 Å². The number of halogens is 1. The van der Waals surface area contributed by atoms with E-state index in [9.17, 15) is 10.1 Å². The monoisotopic (exact) mass is 358 g/mol. The van der Waals surface area contributed by atoms with Gasteiger partial charge in [-0.2, -0.15) is 5.26 Å². The molecule has 3 heterocycles. The lowest BCUT2D eigenvalue weighted by molar-refractivity contribution is 0.496. The third-order valence-corrected chi connectivity index (χ3v) is 4.69. The van der Waals surface area contributed by atoms with Gasteiger partial charge in [0.25, 0.3) is 5.56 Å². The predicted octanol–water partition coefficient (Wildman–Crippen LogP) is 3.28. The third kappa shape index (κ3) is 3.60. The average molecular weight is 359 g/mol. The minimum Gasteiger partial charge on any atom is -0.324 e. The standard InChI is InChI=1S/C19H22N4O.ClH/c1-3-5-13-10-21-11-15-17(14(8-20)19(24)23-18(13)15)16-7-6-12(4-2)9-22-16;/h6-7,9,13,21H,3-5,10-11H2,1-2H3,(H,23,24);1H. The molecule has 0 fully saturated rings. The summed E-state index contributed by atoms with van der Waals surface area (Å²) in [5.74, 6) is 0.271. The lowest BCUT2D eigenvalue weighted by atomic mass is 9.87. The molecule has 0 bridgehead atoms. The minimum absolute atomic E-state index is 0. The second kappa shape index (κ2) is 8.28. The molecule has 2 N–H and O–H groups in total. The highest BCUT2D eigenvalue weighted by Gasteiger charge is 2.27. The van der Waals surface area contributed by atoms with Crippen molar-refractivity contribution < 1.29 is 0 Å². The Balaban J connectivity index is 0.00000225. The van der Waals surface area contributed by atoms with Gasteiger partial charge in [-0.25, -0.2) is 0 Å². The number of fused-ring (bicyclic) bond motifs is 1. The van der Waals surface area contributed by atoms with Gasteiger partial charge in [0.1, 0.15) is 11.6 Å². The van der Waals surface area contributed by atoms with Gasteiger partial charge in [0, 0.05) is 36.5 Å². The molecule has 0 aromatic carbocycles. The molecular weight excluding hydrogens is 336 g/mol. The number of aryl methyl sites for hydroxylation is 1. The highest BCUT2D eigenvalue weighted by molar-refractivity contribution is 5.85. The Morgan fingerprint density at radius 2 is 2.16 bits per heavy atom. The Labute approximate surface area is 153 Å². The maximum Gasteiger partial charge on any atom is 0.266 e. The highest BCUT2D eigenvalue weighted by atomic mass is 35.5. The average Bonchev–Trinajstić information content (AvgIpc) is 2.61. The molecule has 0 radical (unpaired) electrons. The molecular formula is C19H23ClN4O. The van der Waals surface area contributed by atoms with Crippen molar-refractivity contribution in [2.75, 3.05) is 6.54 Å². The van der Waals surface area contributed by atoms with Crippen LogP contribution in [0.25, 0.3) is 11.3 Å². The number of nitrogens with one attached hydrogen (secondary N) is 2. The summed E-state index contributed by atoms with van der Waals surface area (Å²) in [5, 5.41) is 12.9. The summed E-state index contributed by atoms with van der Waals surface area (Å²) in [6.45, 7) is 5.71. The van der Waals surface area contributed by atoms with Crippen molar-refractivity contribution in [3.63, 3.8) is 0 Å². The molecule has 0 spiro atoms. The van der Waals surface area contributed by atoms with Gasteiger partial charge in [0.15, 0.2) is 0 Å². The van der Waals surface area contributed by atoms with E-state index in [2.05, 4.69) is 35.2 Å². The number of nitriles is 1. The van der Waals surface area contributed by atoms with Crippen LogP contribution in [-0.4, -0.2) is 16.5 Å². The van der Waals surface area contributed by atoms with E-state index < -0.39 is 0 Å². The van der Waals surface area contributed by atoms with E-state index in [4.69, 9.17) is 0 Å². The number of aromatic amines is 1. The molecule has 6 heteroatoms. The van der Waals surface area contributed by atoms with Gasteiger partial charge in [-0.15, -0.1) is 12.4 Å². The first-order valence-corrected chi connectivity index (χ1v) is 8.54. The molecule has 132 valence electrons. The minimum atomic E-state index is -0.310. The smallest absolute Gasteiger partial charge is 0.266 e. The lowest BCUT2D eigenvalue weighted by Gasteiger charge is -2.28. The molecule has 1 atom stereocenters. The summed E-state index contributed by atoms with van der Waals surface area (Å²) < 4.78 is 0. The zero-order chi connectivity index (χ0) is 17.1. The maximum atomic E-state index is 12.5. The fourth-order valence-corrected chi connectivity index (χ4v) is 3.43. The molecule has 0 amide bonds. The molecule has 2 aromatic heterocycles. The van der Waals surface area contributed by atoms with Gasteiger partial charge in [0.2, 0.25) is 0 Å². The maximum absolute atomic E-state index is 12.5. The number of nitrogens with zero attached hydrogens (tertiary/aromatic N) is 2. The summed E-state index contributed by atoms with van der Waals surface area (Å²) in [5.41, 5.74) is 4.35. The highest BCUT2D eigenvalue weighted by Crippen LogP contribution is 2.33. The van der Waals surface area contributed by atoms with Crippen LogP contribution >= 0.6 is 12.4 Å². The zero-order valence-electron chi connectivity index (χ0n) is 14.6. The molecule has 1 unspecified atom stereocenters. The molecule has 2 aromatic rings. The number of H-pyrrole nitrogens is 1. The zero-order valence-corrected chi connectivity index (χ0v) is 15.4. The molecule has 1 aliphatic rings. The normalized spacial score (nSPS) is 15.8. The summed E-state index contributed by atoms with van der Waals surface area (Å²) in [6.07, 6.45) is 4.78. The van der Waals surface area contributed by atoms with Crippen LogP contribution in [0.15, 0.2) is 23.1 Å². The summed E-state index contributed by atoms with van der Waals surface area (Å²) in [7, 11) is 0. The van der Waals surface area contributed by atoms with Gasteiger partial charge in [-0.05, 0) is 30.0 Å². The predicted molar refractivity (Wildman–Crippen MR) is 101 cm³/mol. The number of hydrogen-bond donors (Lipinski definition) is 2. The number of pyridine rings is 2. The van der Waals surface area contributed by atoms with Crippen molar-refractivity contribution >= 4 is 12.4 Å². The quantitative estimate of drug-likeness (QED) is 0.878. The largest absolute Gasteiger partial charge is 0.324 e. The van der Waals surface area contributed by atoms with Crippen LogP contribution in [0.2, 0.25) is 0 Å². The second-order valence-electron chi connectivity index (χ2n) is 6.23. The molecule has 0 saturated carbocycles. The van der Waals surface area contributed by atoms with Crippen LogP contribution in [0, 0.1) is 11.3 Å². The van der Waals surface area contributed by atoms with Crippen LogP contribution in [0.4, 0.5) is 0 Å². The molecule has 5 nitrogen and oxygen atoms in total.